The van der Waals surface area contributed by atoms with E-state index in [1.54, 1.807) is 18.4 Å². The van der Waals surface area contributed by atoms with Crippen LogP contribution in [0.1, 0.15) is 39.3 Å². The fourth-order valence-electron chi connectivity index (χ4n) is 2.87. The number of furan rings is 1. The molecular formula is C21H25FN4O2S. The van der Waals surface area contributed by atoms with Crippen molar-refractivity contribution < 1.29 is 13.6 Å². The first kappa shape index (κ1) is 21.1. The van der Waals surface area contributed by atoms with E-state index in [-0.39, 0.29) is 23.0 Å². The van der Waals surface area contributed by atoms with Crippen molar-refractivity contribution in [1.29, 1.82) is 0 Å². The van der Waals surface area contributed by atoms with Crippen molar-refractivity contribution >= 4 is 17.7 Å². The number of nitrogens with zero attached hydrogens (tertiary/aromatic N) is 3. The van der Waals surface area contributed by atoms with E-state index in [1.165, 1.54) is 23.9 Å². The monoisotopic (exact) mass is 416 g/mol. The smallest absolute Gasteiger partial charge is 0.233 e. The van der Waals surface area contributed by atoms with Crippen LogP contribution in [0.4, 0.5) is 4.39 Å². The van der Waals surface area contributed by atoms with Crippen molar-refractivity contribution in [3.63, 3.8) is 0 Å². The zero-order valence-corrected chi connectivity index (χ0v) is 17.7. The Kier molecular flexibility index (Phi) is 6.74. The summed E-state index contributed by atoms with van der Waals surface area (Å²) in [6, 6.07) is 9.55. The molecule has 1 aromatic carbocycles. The molecule has 154 valence electrons. The van der Waals surface area contributed by atoms with Gasteiger partial charge in [0.25, 0.3) is 0 Å². The van der Waals surface area contributed by atoms with Gasteiger partial charge in [-0.3, -0.25) is 9.36 Å². The number of carbonyl (C=O) groups excluding carboxylic acids is 1. The van der Waals surface area contributed by atoms with Crippen LogP contribution in [0.2, 0.25) is 0 Å². The van der Waals surface area contributed by atoms with Gasteiger partial charge < -0.3 is 9.73 Å². The van der Waals surface area contributed by atoms with Gasteiger partial charge in [0, 0.05) is 6.54 Å². The SMILES string of the molecule is CC(C)Cn1c(S[C@@H](C)C(=O)N[C@H](C)c2ccc(F)cc2)nnc1-c1ccco1. The minimum absolute atomic E-state index is 0.120. The summed E-state index contributed by atoms with van der Waals surface area (Å²) in [5, 5.41) is 11.8. The Morgan fingerprint density at radius 2 is 1.90 bits per heavy atom. The lowest BCUT2D eigenvalue weighted by Gasteiger charge is -2.18. The minimum Gasteiger partial charge on any atom is -0.461 e. The molecular weight excluding hydrogens is 391 g/mol. The van der Waals surface area contributed by atoms with Crippen molar-refractivity contribution in [3.05, 3.63) is 54.0 Å². The summed E-state index contributed by atoms with van der Waals surface area (Å²) in [6.07, 6.45) is 1.60. The Morgan fingerprint density at radius 3 is 2.52 bits per heavy atom. The molecule has 0 aliphatic rings. The summed E-state index contributed by atoms with van der Waals surface area (Å²) in [6.45, 7) is 8.64. The summed E-state index contributed by atoms with van der Waals surface area (Å²) in [7, 11) is 0. The number of amides is 1. The molecule has 0 saturated heterocycles. The maximum atomic E-state index is 13.1. The molecule has 3 rings (SSSR count). The van der Waals surface area contributed by atoms with E-state index in [0.29, 0.717) is 29.2 Å². The normalized spacial score (nSPS) is 13.4. The van der Waals surface area contributed by atoms with E-state index >= 15 is 0 Å². The largest absolute Gasteiger partial charge is 0.461 e. The fraction of sp³-hybridized carbons (Fsp3) is 0.381. The molecule has 6 nitrogen and oxygen atoms in total. The third-order valence-corrected chi connectivity index (χ3v) is 5.47. The number of aromatic nitrogens is 3. The molecule has 29 heavy (non-hydrogen) atoms. The second-order valence-electron chi connectivity index (χ2n) is 7.33. The molecule has 1 N–H and O–H groups in total. The van der Waals surface area contributed by atoms with Crippen LogP contribution in [-0.4, -0.2) is 25.9 Å². The highest BCUT2D eigenvalue weighted by molar-refractivity contribution is 8.00. The van der Waals surface area contributed by atoms with Crippen LogP contribution >= 0.6 is 11.8 Å². The standard InChI is InChI=1S/C21H25FN4O2S/c1-13(2)12-26-19(18-6-5-11-28-18)24-25-21(26)29-15(4)20(27)23-14(3)16-7-9-17(22)10-8-16/h5-11,13-15H,12H2,1-4H3,(H,23,27)/t14-,15+/m1/s1. The Bertz CT molecular complexity index is 938. The van der Waals surface area contributed by atoms with Crippen LogP contribution in [-0.2, 0) is 11.3 Å². The highest BCUT2D eigenvalue weighted by Gasteiger charge is 2.23. The average molecular weight is 417 g/mol. The fourth-order valence-corrected chi connectivity index (χ4v) is 3.74. The lowest BCUT2D eigenvalue weighted by Crippen LogP contribution is -2.33. The summed E-state index contributed by atoms with van der Waals surface area (Å²) in [5.41, 5.74) is 0.847. The third kappa shape index (κ3) is 5.26. The molecule has 0 spiro atoms. The first-order valence-electron chi connectivity index (χ1n) is 9.54. The molecule has 0 aliphatic heterocycles. The molecule has 0 bridgehead atoms. The first-order chi connectivity index (χ1) is 13.8. The molecule has 2 atom stereocenters. The number of carbonyl (C=O) groups is 1. The van der Waals surface area contributed by atoms with Crippen molar-refractivity contribution in [3.8, 4) is 11.6 Å². The van der Waals surface area contributed by atoms with Crippen molar-refractivity contribution in [2.45, 2.75) is 50.7 Å². The number of hydrogen-bond acceptors (Lipinski definition) is 5. The van der Waals surface area contributed by atoms with E-state index in [2.05, 4.69) is 29.4 Å². The van der Waals surface area contributed by atoms with E-state index < -0.39 is 0 Å². The lowest BCUT2D eigenvalue weighted by atomic mass is 10.1. The van der Waals surface area contributed by atoms with Gasteiger partial charge in [-0.05, 0) is 49.6 Å². The second-order valence-corrected chi connectivity index (χ2v) is 8.64. The van der Waals surface area contributed by atoms with E-state index in [1.807, 2.05) is 30.5 Å². The summed E-state index contributed by atoms with van der Waals surface area (Å²) in [5.74, 6) is 1.26. The molecule has 0 aliphatic carbocycles. The maximum Gasteiger partial charge on any atom is 0.233 e. The topological polar surface area (TPSA) is 73.0 Å². The van der Waals surface area contributed by atoms with Gasteiger partial charge in [-0.2, -0.15) is 0 Å². The summed E-state index contributed by atoms with van der Waals surface area (Å²) >= 11 is 1.35. The van der Waals surface area contributed by atoms with Crippen LogP contribution in [0.5, 0.6) is 0 Å². The molecule has 0 fully saturated rings. The van der Waals surface area contributed by atoms with Gasteiger partial charge in [0.05, 0.1) is 17.6 Å². The number of nitrogens with one attached hydrogen (secondary N) is 1. The molecule has 1 amide bonds. The lowest BCUT2D eigenvalue weighted by molar-refractivity contribution is -0.120. The molecule has 3 aromatic rings. The van der Waals surface area contributed by atoms with Gasteiger partial charge in [0.15, 0.2) is 16.7 Å². The van der Waals surface area contributed by atoms with Crippen LogP contribution in [0.25, 0.3) is 11.6 Å². The molecule has 2 aromatic heterocycles. The second kappa shape index (κ2) is 9.26. The van der Waals surface area contributed by atoms with Crippen LogP contribution in [0, 0.1) is 11.7 Å². The number of halogens is 1. The maximum absolute atomic E-state index is 13.1. The quantitative estimate of drug-likeness (QED) is 0.539. The van der Waals surface area contributed by atoms with Gasteiger partial charge in [0.2, 0.25) is 5.91 Å². The van der Waals surface area contributed by atoms with E-state index in [0.717, 1.165) is 5.56 Å². The molecule has 2 heterocycles. The Hall–Kier alpha value is -2.61. The Morgan fingerprint density at radius 1 is 1.17 bits per heavy atom. The van der Waals surface area contributed by atoms with Gasteiger partial charge in [-0.25, -0.2) is 4.39 Å². The van der Waals surface area contributed by atoms with Gasteiger partial charge in [-0.15, -0.1) is 10.2 Å². The van der Waals surface area contributed by atoms with Crippen LogP contribution in [0.15, 0.2) is 52.2 Å². The van der Waals surface area contributed by atoms with Crippen molar-refractivity contribution in [1.82, 2.24) is 20.1 Å². The predicted octanol–water partition coefficient (Wildman–Crippen LogP) is 4.69. The number of benzene rings is 1. The number of thioether (sulfide) groups is 1. The van der Waals surface area contributed by atoms with E-state index in [4.69, 9.17) is 4.42 Å². The number of hydrogen-bond donors (Lipinski definition) is 1. The Labute approximate surface area is 173 Å². The highest BCUT2D eigenvalue weighted by Crippen LogP contribution is 2.28. The number of rotatable bonds is 8. The first-order valence-corrected chi connectivity index (χ1v) is 10.4. The van der Waals surface area contributed by atoms with Gasteiger partial charge in [-0.1, -0.05) is 37.7 Å². The molecule has 8 heteroatoms. The molecule has 0 saturated carbocycles. The summed E-state index contributed by atoms with van der Waals surface area (Å²) < 4.78 is 20.6. The van der Waals surface area contributed by atoms with Crippen molar-refractivity contribution in [2.75, 3.05) is 0 Å². The predicted molar refractivity (Wildman–Crippen MR) is 111 cm³/mol. The van der Waals surface area contributed by atoms with Crippen LogP contribution in [0.3, 0.4) is 0 Å². The highest BCUT2D eigenvalue weighted by atomic mass is 32.2. The molecule has 0 radical (unpaired) electrons. The molecule has 0 unspecified atom stereocenters. The van der Waals surface area contributed by atoms with Crippen molar-refractivity contribution in [2.24, 2.45) is 5.92 Å². The van der Waals surface area contributed by atoms with Gasteiger partial charge in [0.1, 0.15) is 5.82 Å². The average Bonchev–Trinajstić information content (AvgIpc) is 3.32. The zero-order valence-electron chi connectivity index (χ0n) is 16.9. The minimum atomic E-state index is -0.377. The van der Waals surface area contributed by atoms with E-state index in [9.17, 15) is 9.18 Å². The summed E-state index contributed by atoms with van der Waals surface area (Å²) in [4.78, 5) is 12.7. The zero-order chi connectivity index (χ0) is 21.0. The Balaban J connectivity index is 1.71. The van der Waals surface area contributed by atoms with Crippen LogP contribution < -0.4 is 5.32 Å². The van der Waals surface area contributed by atoms with Gasteiger partial charge >= 0.3 is 0 Å². The third-order valence-electron chi connectivity index (χ3n) is 4.39.